The third kappa shape index (κ3) is 9.53. The molecule has 13 heteroatoms. The molecule has 2 aromatic carbocycles. The lowest BCUT2D eigenvalue weighted by Gasteiger charge is -2.30. The Balaban J connectivity index is 1.54. The fourth-order valence-electron chi connectivity index (χ4n) is 5.41. The van der Waals surface area contributed by atoms with Crippen LogP contribution >= 0.6 is 0 Å². The van der Waals surface area contributed by atoms with E-state index in [2.05, 4.69) is 26.6 Å². The number of ether oxygens (including phenoxy) is 1. The Bertz CT molecular complexity index is 1510. The van der Waals surface area contributed by atoms with Gasteiger partial charge in [0.1, 0.15) is 30.0 Å². The zero-order valence-electron chi connectivity index (χ0n) is 27.3. The number of hydrogen-bond acceptors (Lipinski definition) is 7. The van der Waals surface area contributed by atoms with Gasteiger partial charge in [-0.2, -0.15) is 0 Å². The predicted molar refractivity (Wildman–Crippen MR) is 173 cm³/mol. The first-order valence-corrected chi connectivity index (χ1v) is 15.9. The highest BCUT2D eigenvalue weighted by atomic mass is 16.5. The largest absolute Gasteiger partial charge is 0.491 e. The Kier molecular flexibility index (Phi) is 11.6. The quantitative estimate of drug-likeness (QED) is 0.312. The molecule has 0 bridgehead atoms. The van der Waals surface area contributed by atoms with Crippen molar-refractivity contribution in [3.63, 3.8) is 0 Å². The van der Waals surface area contributed by atoms with Crippen molar-refractivity contribution in [2.45, 2.75) is 77.7 Å². The molecule has 47 heavy (non-hydrogen) atoms. The number of benzene rings is 2. The second-order valence-electron chi connectivity index (χ2n) is 12.7. The molecular formula is C34H44N6O7. The van der Waals surface area contributed by atoms with E-state index < -0.39 is 53.6 Å². The first-order chi connectivity index (χ1) is 22.3. The summed E-state index contributed by atoms with van der Waals surface area (Å²) in [4.78, 5) is 80.3. The van der Waals surface area contributed by atoms with Crippen LogP contribution in [0.2, 0.25) is 0 Å². The summed E-state index contributed by atoms with van der Waals surface area (Å²) in [6.45, 7) is 8.00. The van der Waals surface area contributed by atoms with E-state index in [1.807, 2.05) is 24.3 Å². The van der Waals surface area contributed by atoms with Crippen molar-refractivity contribution >= 4 is 35.4 Å². The maximum absolute atomic E-state index is 13.5. The second-order valence-corrected chi connectivity index (χ2v) is 12.7. The Morgan fingerprint density at radius 2 is 1.77 bits per heavy atom. The van der Waals surface area contributed by atoms with Crippen LogP contribution in [-0.4, -0.2) is 77.7 Å². The molecule has 2 atom stereocenters. The van der Waals surface area contributed by atoms with Crippen LogP contribution in [0.25, 0.3) is 0 Å². The molecule has 2 aliphatic rings. The topological polar surface area (TPSA) is 175 Å². The number of carbonyl (C=O) groups excluding carboxylic acids is 6. The van der Waals surface area contributed by atoms with E-state index in [1.54, 1.807) is 36.9 Å². The van der Waals surface area contributed by atoms with Crippen LogP contribution in [-0.2, 0) is 37.1 Å². The number of rotatable bonds is 6. The average Bonchev–Trinajstić information content (AvgIpc) is 3.43. The third-order valence-corrected chi connectivity index (χ3v) is 8.06. The predicted octanol–water partition coefficient (Wildman–Crippen LogP) is 1.16. The maximum atomic E-state index is 13.5. The lowest BCUT2D eigenvalue weighted by molar-refractivity contribution is -0.136. The minimum Gasteiger partial charge on any atom is -0.491 e. The van der Waals surface area contributed by atoms with Gasteiger partial charge in [-0.15, -0.1) is 0 Å². The molecule has 0 unspecified atom stereocenters. The van der Waals surface area contributed by atoms with Gasteiger partial charge >= 0.3 is 0 Å². The summed E-state index contributed by atoms with van der Waals surface area (Å²) in [6.07, 6.45) is 0.913. The molecule has 13 nitrogen and oxygen atoms in total. The van der Waals surface area contributed by atoms with E-state index in [1.165, 1.54) is 19.9 Å². The summed E-state index contributed by atoms with van der Waals surface area (Å²) >= 11 is 0. The molecule has 0 spiro atoms. The van der Waals surface area contributed by atoms with Crippen molar-refractivity contribution in [3.05, 3.63) is 65.2 Å². The SMILES string of the molecule is CC(C)[C@H]1NC(=O)C(C)(C)NC(=O)C[C@@H](C(=O)NCc2cccc(CN3CCCC3=O)c2)NC(=O)c2ccccc2OCCNC1=O. The molecule has 0 radical (unpaired) electrons. The Morgan fingerprint density at radius 3 is 2.49 bits per heavy atom. The molecule has 4 rings (SSSR count). The summed E-state index contributed by atoms with van der Waals surface area (Å²) in [6, 6.07) is 11.8. The molecular weight excluding hydrogens is 604 g/mol. The van der Waals surface area contributed by atoms with E-state index in [9.17, 15) is 28.8 Å². The van der Waals surface area contributed by atoms with Crippen molar-refractivity contribution in [1.82, 2.24) is 31.5 Å². The van der Waals surface area contributed by atoms with E-state index >= 15 is 0 Å². The van der Waals surface area contributed by atoms with Crippen molar-refractivity contribution in [1.29, 1.82) is 0 Å². The third-order valence-electron chi connectivity index (χ3n) is 8.06. The summed E-state index contributed by atoms with van der Waals surface area (Å²) < 4.78 is 5.80. The smallest absolute Gasteiger partial charge is 0.255 e. The zero-order valence-corrected chi connectivity index (χ0v) is 27.3. The fraction of sp³-hybridized carbons (Fsp3) is 0.471. The fourth-order valence-corrected chi connectivity index (χ4v) is 5.41. The zero-order chi connectivity index (χ0) is 34.1. The number of fused-ring (bicyclic) bond motifs is 1. The van der Waals surface area contributed by atoms with Crippen molar-refractivity contribution in [3.8, 4) is 5.75 Å². The van der Waals surface area contributed by atoms with E-state index in [0.717, 1.165) is 17.5 Å². The monoisotopic (exact) mass is 648 g/mol. The number of hydrogen-bond donors (Lipinski definition) is 5. The minimum absolute atomic E-state index is 0.0369. The van der Waals surface area contributed by atoms with Gasteiger partial charge in [-0.3, -0.25) is 28.8 Å². The van der Waals surface area contributed by atoms with E-state index in [-0.39, 0.29) is 42.8 Å². The van der Waals surface area contributed by atoms with Crippen LogP contribution < -0.4 is 31.3 Å². The van der Waals surface area contributed by atoms with Gasteiger partial charge < -0.3 is 36.2 Å². The number of nitrogens with zero attached hydrogens (tertiary/aromatic N) is 1. The molecule has 0 aliphatic carbocycles. The first kappa shape index (κ1) is 34.9. The van der Waals surface area contributed by atoms with Crippen LogP contribution in [0.1, 0.15) is 68.4 Å². The Hall–Kier alpha value is -4.94. The van der Waals surface area contributed by atoms with Crippen LogP contribution in [0.15, 0.2) is 48.5 Å². The van der Waals surface area contributed by atoms with E-state index in [0.29, 0.717) is 19.5 Å². The molecule has 2 heterocycles. The summed E-state index contributed by atoms with van der Waals surface area (Å²) in [5.41, 5.74) is 0.398. The Morgan fingerprint density at radius 1 is 1.02 bits per heavy atom. The minimum atomic E-state index is -1.45. The maximum Gasteiger partial charge on any atom is 0.255 e. The highest BCUT2D eigenvalue weighted by molar-refractivity contribution is 6.01. The summed E-state index contributed by atoms with van der Waals surface area (Å²) in [7, 11) is 0. The number of likely N-dealkylation sites (tertiary alicyclic amines) is 1. The van der Waals surface area contributed by atoms with Crippen molar-refractivity contribution in [2.24, 2.45) is 5.92 Å². The molecule has 5 N–H and O–H groups in total. The van der Waals surface area contributed by atoms with Crippen LogP contribution in [0, 0.1) is 5.92 Å². The van der Waals surface area contributed by atoms with Gasteiger partial charge in [0.25, 0.3) is 5.91 Å². The van der Waals surface area contributed by atoms with Gasteiger partial charge in [0.15, 0.2) is 0 Å². The molecule has 2 aliphatic heterocycles. The van der Waals surface area contributed by atoms with Crippen molar-refractivity contribution < 1.29 is 33.5 Å². The van der Waals surface area contributed by atoms with Gasteiger partial charge in [-0.25, -0.2) is 0 Å². The van der Waals surface area contributed by atoms with Gasteiger partial charge in [0, 0.05) is 26.1 Å². The van der Waals surface area contributed by atoms with Crippen LogP contribution in [0.3, 0.4) is 0 Å². The van der Waals surface area contributed by atoms with Gasteiger partial charge in [0.05, 0.1) is 18.5 Å². The standard InChI is InChI=1S/C34H44N6O7/c1-21(2)29-32(45)35-14-16-47-26-12-6-5-11-24(26)30(43)37-25(18-27(41)39-34(3,4)33(46)38-29)31(44)36-19-22-9-7-10-23(17-22)20-40-15-8-13-28(40)42/h5-7,9-12,17,21,25,29H,8,13-16,18-20H2,1-4H3,(H,35,45)(H,36,44)(H,37,43)(H,38,46)(H,39,41)/t25-,29+/m0/s1. The molecule has 1 fully saturated rings. The number of amides is 6. The summed E-state index contributed by atoms with van der Waals surface area (Å²) in [5, 5.41) is 13.6. The number of carbonyl (C=O) groups is 6. The van der Waals surface area contributed by atoms with Gasteiger partial charge in [0.2, 0.25) is 29.5 Å². The number of nitrogens with one attached hydrogen (secondary N) is 5. The second kappa shape index (κ2) is 15.6. The average molecular weight is 649 g/mol. The molecule has 6 amide bonds. The lowest BCUT2D eigenvalue weighted by atomic mass is 9.99. The normalized spacial score (nSPS) is 21.0. The van der Waals surface area contributed by atoms with Crippen LogP contribution in [0.5, 0.6) is 5.75 Å². The lowest BCUT2D eigenvalue weighted by Crippen LogP contribution is -2.60. The molecule has 252 valence electrons. The van der Waals surface area contributed by atoms with Gasteiger partial charge in [-0.1, -0.05) is 50.2 Å². The first-order valence-electron chi connectivity index (χ1n) is 15.9. The van der Waals surface area contributed by atoms with E-state index in [4.69, 9.17) is 4.74 Å². The summed E-state index contributed by atoms with van der Waals surface area (Å²) in [5.74, 6) is -2.83. The molecule has 0 saturated carbocycles. The molecule has 1 saturated heterocycles. The number of para-hydroxylation sites is 1. The highest BCUT2D eigenvalue weighted by Crippen LogP contribution is 2.19. The Labute approximate surface area is 274 Å². The molecule has 2 aromatic rings. The highest BCUT2D eigenvalue weighted by Gasteiger charge is 2.35. The van der Waals surface area contributed by atoms with Crippen LogP contribution in [0.4, 0.5) is 0 Å². The van der Waals surface area contributed by atoms with Gasteiger partial charge in [-0.05, 0) is 49.4 Å². The molecule has 0 aromatic heterocycles. The van der Waals surface area contributed by atoms with Crippen molar-refractivity contribution in [2.75, 3.05) is 19.7 Å².